The van der Waals surface area contributed by atoms with Crippen molar-refractivity contribution >= 4 is 11.6 Å². The van der Waals surface area contributed by atoms with Crippen molar-refractivity contribution in [1.29, 1.82) is 0 Å². The maximum atomic E-state index is 13.7. The Balaban J connectivity index is 1.62. The highest BCUT2D eigenvalue weighted by Gasteiger charge is 2.13. The highest BCUT2D eigenvalue weighted by atomic mass is 19.1. The van der Waals surface area contributed by atoms with E-state index in [1.807, 2.05) is 0 Å². The highest BCUT2D eigenvalue weighted by Crippen LogP contribution is 2.24. The van der Waals surface area contributed by atoms with Crippen molar-refractivity contribution in [2.75, 3.05) is 5.32 Å². The first kappa shape index (κ1) is 17.7. The van der Waals surface area contributed by atoms with Crippen LogP contribution in [-0.4, -0.2) is 10.9 Å². The SMILES string of the molecule is Cc1ccc(F)cc1NC(=O)CCc1ncc(-c2ccc(F)cc2F)o1. The number of rotatable bonds is 5. The van der Waals surface area contributed by atoms with Gasteiger partial charge in [-0.3, -0.25) is 4.79 Å². The number of aromatic nitrogens is 1. The molecule has 26 heavy (non-hydrogen) atoms. The van der Waals surface area contributed by atoms with Gasteiger partial charge in [-0.2, -0.15) is 0 Å². The van der Waals surface area contributed by atoms with E-state index in [9.17, 15) is 18.0 Å². The quantitative estimate of drug-likeness (QED) is 0.721. The van der Waals surface area contributed by atoms with Crippen LogP contribution in [0.3, 0.4) is 0 Å². The number of hydrogen-bond donors (Lipinski definition) is 1. The Bertz CT molecular complexity index is 954. The number of oxazole rings is 1. The van der Waals surface area contributed by atoms with Gasteiger partial charge in [0.1, 0.15) is 17.5 Å². The molecule has 7 heteroatoms. The van der Waals surface area contributed by atoms with Gasteiger partial charge in [-0.05, 0) is 36.8 Å². The van der Waals surface area contributed by atoms with E-state index < -0.39 is 17.5 Å². The second kappa shape index (κ2) is 7.43. The van der Waals surface area contributed by atoms with Gasteiger partial charge in [0, 0.05) is 24.6 Å². The van der Waals surface area contributed by atoms with Gasteiger partial charge >= 0.3 is 0 Å². The van der Waals surface area contributed by atoms with E-state index in [4.69, 9.17) is 4.42 Å². The predicted molar refractivity (Wildman–Crippen MR) is 89.9 cm³/mol. The topological polar surface area (TPSA) is 55.1 Å². The molecule has 0 saturated heterocycles. The van der Waals surface area contributed by atoms with E-state index in [0.717, 1.165) is 17.7 Å². The number of nitrogens with one attached hydrogen (secondary N) is 1. The zero-order chi connectivity index (χ0) is 18.7. The number of anilines is 1. The molecule has 1 N–H and O–H groups in total. The summed E-state index contributed by atoms with van der Waals surface area (Å²) in [7, 11) is 0. The molecule has 0 aliphatic heterocycles. The maximum absolute atomic E-state index is 13.7. The fourth-order valence-electron chi connectivity index (χ4n) is 2.40. The summed E-state index contributed by atoms with van der Waals surface area (Å²) in [6.07, 6.45) is 1.56. The number of carbonyl (C=O) groups is 1. The molecule has 0 radical (unpaired) electrons. The summed E-state index contributed by atoms with van der Waals surface area (Å²) in [4.78, 5) is 16.0. The zero-order valence-electron chi connectivity index (χ0n) is 13.9. The van der Waals surface area contributed by atoms with Gasteiger partial charge in [0.15, 0.2) is 11.7 Å². The monoisotopic (exact) mass is 360 g/mol. The average Bonchev–Trinajstić information content (AvgIpc) is 3.05. The minimum Gasteiger partial charge on any atom is -0.441 e. The lowest BCUT2D eigenvalue weighted by Crippen LogP contribution is -2.13. The lowest BCUT2D eigenvalue weighted by Gasteiger charge is -2.07. The Hall–Kier alpha value is -3.09. The van der Waals surface area contributed by atoms with E-state index in [2.05, 4.69) is 10.3 Å². The van der Waals surface area contributed by atoms with E-state index in [1.165, 1.54) is 24.4 Å². The molecular formula is C19H15F3N2O2. The summed E-state index contributed by atoms with van der Waals surface area (Å²) in [5, 5.41) is 2.63. The Labute approximate surface area is 147 Å². The summed E-state index contributed by atoms with van der Waals surface area (Å²) in [5.74, 6) is -1.81. The van der Waals surface area contributed by atoms with Crippen molar-refractivity contribution in [2.45, 2.75) is 19.8 Å². The molecule has 0 aliphatic carbocycles. The first-order valence-corrected chi connectivity index (χ1v) is 7.88. The van der Waals surface area contributed by atoms with Gasteiger partial charge in [0.05, 0.1) is 11.8 Å². The second-order valence-electron chi connectivity index (χ2n) is 5.75. The Kier molecular flexibility index (Phi) is 5.06. The van der Waals surface area contributed by atoms with Gasteiger partial charge in [0.2, 0.25) is 5.91 Å². The Morgan fingerprint density at radius 1 is 1.12 bits per heavy atom. The molecular weight excluding hydrogens is 345 g/mol. The highest BCUT2D eigenvalue weighted by molar-refractivity contribution is 5.91. The third kappa shape index (κ3) is 4.11. The summed E-state index contributed by atoms with van der Waals surface area (Å²) >= 11 is 0. The molecule has 3 aromatic rings. The van der Waals surface area contributed by atoms with E-state index >= 15 is 0 Å². The molecule has 0 atom stereocenters. The van der Waals surface area contributed by atoms with Crippen LogP contribution in [0.2, 0.25) is 0 Å². The molecule has 2 aromatic carbocycles. The van der Waals surface area contributed by atoms with Crippen LogP contribution < -0.4 is 5.32 Å². The van der Waals surface area contributed by atoms with Crippen LogP contribution in [-0.2, 0) is 11.2 Å². The first-order valence-electron chi connectivity index (χ1n) is 7.88. The van der Waals surface area contributed by atoms with Crippen molar-refractivity contribution in [3.63, 3.8) is 0 Å². The van der Waals surface area contributed by atoms with Crippen LogP contribution >= 0.6 is 0 Å². The number of nitrogens with zero attached hydrogens (tertiary/aromatic N) is 1. The van der Waals surface area contributed by atoms with Crippen molar-refractivity contribution < 1.29 is 22.4 Å². The van der Waals surface area contributed by atoms with Crippen molar-refractivity contribution in [3.05, 3.63) is 71.5 Å². The third-order valence-electron chi connectivity index (χ3n) is 3.79. The van der Waals surface area contributed by atoms with Gasteiger partial charge in [-0.15, -0.1) is 0 Å². The second-order valence-corrected chi connectivity index (χ2v) is 5.75. The normalized spacial score (nSPS) is 10.8. The number of carbonyl (C=O) groups excluding carboxylic acids is 1. The molecule has 0 aliphatic rings. The molecule has 3 rings (SSSR count). The van der Waals surface area contributed by atoms with Gasteiger partial charge in [-0.1, -0.05) is 6.07 Å². The summed E-state index contributed by atoms with van der Waals surface area (Å²) in [6.45, 7) is 1.76. The van der Waals surface area contributed by atoms with Crippen LogP contribution in [0.5, 0.6) is 0 Å². The summed E-state index contributed by atoms with van der Waals surface area (Å²) in [6, 6.07) is 7.26. The van der Waals surface area contributed by atoms with Crippen molar-refractivity contribution in [2.24, 2.45) is 0 Å². The van der Waals surface area contributed by atoms with Crippen LogP contribution in [0.4, 0.5) is 18.9 Å². The lowest BCUT2D eigenvalue weighted by molar-refractivity contribution is -0.116. The minimum atomic E-state index is -0.757. The average molecular weight is 360 g/mol. The number of aryl methyl sites for hydroxylation is 2. The van der Waals surface area contributed by atoms with Crippen LogP contribution in [0.15, 0.2) is 47.0 Å². The first-order chi connectivity index (χ1) is 12.4. The molecule has 0 fully saturated rings. The largest absolute Gasteiger partial charge is 0.441 e. The molecule has 0 spiro atoms. The number of halogens is 3. The Morgan fingerprint density at radius 2 is 1.85 bits per heavy atom. The van der Waals surface area contributed by atoms with Crippen LogP contribution in [0, 0.1) is 24.4 Å². The molecule has 1 heterocycles. The van der Waals surface area contributed by atoms with E-state index in [0.29, 0.717) is 5.69 Å². The standard InChI is InChI=1S/C19H15F3N2O2/c1-11-2-3-13(21)9-16(11)24-18(25)6-7-19-23-10-17(26-19)14-5-4-12(20)8-15(14)22/h2-5,8-10H,6-7H2,1H3,(H,24,25). The molecule has 4 nitrogen and oxygen atoms in total. The molecule has 134 valence electrons. The molecule has 1 amide bonds. The molecule has 0 saturated carbocycles. The fraction of sp³-hybridized carbons (Fsp3) is 0.158. The van der Waals surface area contributed by atoms with Crippen LogP contribution in [0.1, 0.15) is 17.9 Å². The number of benzene rings is 2. The summed E-state index contributed by atoms with van der Waals surface area (Å²) in [5.41, 5.74) is 1.23. The maximum Gasteiger partial charge on any atom is 0.224 e. The number of amides is 1. The minimum absolute atomic E-state index is 0.0573. The predicted octanol–water partition coefficient (Wildman–Crippen LogP) is 4.64. The molecule has 0 bridgehead atoms. The van der Waals surface area contributed by atoms with E-state index in [-0.39, 0.29) is 36.0 Å². The van der Waals surface area contributed by atoms with Crippen molar-refractivity contribution in [3.8, 4) is 11.3 Å². The Morgan fingerprint density at radius 3 is 2.62 bits per heavy atom. The van der Waals surface area contributed by atoms with Crippen molar-refractivity contribution in [1.82, 2.24) is 4.98 Å². The zero-order valence-corrected chi connectivity index (χ0v) is 13.9. The van der Waals surface area contributed by atoms with Gasteiger partial charge < -0.3 is 9.73 Å². The van der Waals surface area contributed by atoms with Gasteiger partial charge in [-0.25, -0.2) is 18.2 Å². The fourth-order valence-corrected chi connectivity index (χ4v) is 2.40. The number of hydrogen-bond acceptors (Lipinski definition) is 3. The van der Waals surface area contributed by atoms with E-state index in [1.54, 1.807) is 13.0 Å². The summed E-state index contributed by atoms with van der Waals surface area (Å²) < 4.78 is 45.4. The molecule has 0 unspecified atom stereocenters. The smallest absolute Gasteiger partial charge is 0.224 e. The lowest BCUT2D eigenvalue weighted by atomic mass is 10.2. The van der Waals surface area contributed by atoms with Gasteiger partial charge in [0.25, 0.3) is 0 Å². The van der Waals surface area contributed by atoms with Crippen LogP contribution in [0.25, 0.3) is 11.3 Å². The third-order valence-corrected chi connectivity index (χ3v) is 3.79. The molecule has 1 aromatic heterocycles.